The molecule has 1 saturated heterocycles. The highest BCUT2D eigenvalue weighted by Gasteiger charge is 2.46. The normalized spacial score (nSPS) is 15.5. The summed E-state index contributed by atoms with van der Waals surface area (Å²) < 4.78 is 7.65. The zero-order chi connectivity index (χ0) is 114. The number of hydrogen-bond donors (Lipinski definition) is 22. The van der Waals surface area contributed by atoms with Crippen LogP contribution >= 0.6 is 21.6 Å². The van der Waals surface area contributed by atoms with E-state index in [1.165, 1.54) is 220 Å². The molecule has 4 rings (SSSR count). The van der Waals surface area contributed by atoms with E-state index in [-0.39, 0.29) is 6.42 Å². The molecule has 12 atom stereocenters. The monoisotopic (exact) mass is 2120 g/mol. The van der Waals surface area contributed by atoms with Crippen LogP contribution in [0.4, 0.5) is 4.79 Å². The molecule has 1 fully saturated rings. The molecule has 48 heteroatoms. The van der Waals surface area contributed by atoms with Gasteiger partial charge in [0.25, 0.3) is 0 Å². The van der Waals surface area contributed by atoms with E-state index in [0.717, 1.165) is 47.5 Å². The number of hydrogen-bond acceptors (Lipinski definition) is 25. The minimum Gasteiger partial charge on any atom is -0.444 e. The molecule has 826 valence electrons. The third-order valence-electron chi connectivity index (χ3n) is 24.3. The number of fused-ring (bicyclic) bond motifs is 3. The van der Waals surface area contributed by atoms with Gasteiger partial charge in [-0.15, -0.1) is 0 Å². The smallest absolute Gasteiger partial charge is 0.408 e. The lowest BCUT2D eigenvalue weighted by Gasteiger charge is -2.32. The number of alkyl carbamates (subject to hydrolysis) is 1. The summed E-state index contributed by atoms with van der Waals surface area (Å²) in [5.41, 5.74) is -15.3. The van der Waals surface area contributed by atoms with Crippen molar-refractivity contribution in [2.75, 3.05) is 12.3 Å². The second kappa shape index (κ2) is 51.8. The van der Waals surface area contributed by atoms with Crippen LogP contribution in [0.2, 0.25) is 0 Å². The lowest BCUT2D eigenvalue weighted by molar-refractivity contribution is -0.139. The van der Waals surface area contributed by atoms with Crippen molar-refractivity contribution in [3.63, 3.8) is 0 Å². The number of nitrogens with one attached hydrogen (secondary N) is 22. The maximum atomic E-state index is 14.0. The number of ether oxygens (including phenoxy) is 1. The zero-order valence-electron chi connectivity index (χ0n) is 92.0. The lowest BCUT2D eigenvalue weighted by atomic mass is 10.0. The Morgan fingerprint density at radius 2 is 0.568 bits per heavy atom. The van der Waals surface area contributed by atoms with Gasteiger partial charge in [0.2, 0.25) is 124 Å². The van der Waals surface area contributed by atoms with E-state index in [4.69, 9.17) is 4.74 Å². The second-order valence-corrected chi connectivity index (χ2v) is 46.9. The number of para-hydroxylation sites is 1. The van der Waals surface area contributed by atoms with Crippen molar-refractivity contribution < 1.29 is 110 Å². The maximum Gasteiger partial charge on any atom is 0.408 e. The summed E-state index contributed by atoms with van der Waals surface area (Å²) in [7, 11) is 3.83. The molecule has 1 aromatic heterocycles. The Balaban J connectivity index is 1.19. The first-order valence-corrected chi connectivity index (χ1v) is 51.8. The molecule has 0 saturated carbocycles. The number of carbonyl (C=O) groups excluding carboxylic acids is 22. The van der Waals surface area contributed by atoms with Crippen molar-refractivity contribution in [2.45, 2.75) is 413 Å². The number of benzene rings is 2. The van der Waals surface area contributed by atoms with Crippen molar-refractivity contribution in [3.05, 3.63) is 48.0 Å². The van der Waals surface area contributed by atoms with Gasteiger partial charge in [-0.1, -0.05) is 58.7 Å². The summed E-state index contributed by atoms with van der Waals surface area (Å²) in [4.78, 5) is 299. The van der Waals surface area contributed by atoms with Gasteiger partial charge in [-0.05, 0) is 278 Å². The zero-order valence-corrected chi connectivity index (χ0v) is 93.6. The molecular weight excluding hydrogens is 1960 g/mol. The molecule has 22 amide bonds. The molecule has 0 radical (unpaired) electrons. The molecule has 148 heavy (non-hydrogen) atoms. The van der Waals surface area contributed by atoms with Crippen LogP contribution in [0.5, 0.6) is 0 Å². The van der Waals surface area contributed by atoms with E-state index >= 15 is 0 Å². The second-order valence-electron chi connectivity index (χ2n) is 44.1. The Labute approximate surface area is 874 Å². The Bertz CT molecular complexity index is 5440. The van der Waals surface area contributed by atoms with Gasteiger partial charge in [-0.2, -0.15) is 0 Å². The third-order valence-corrected chi connectivity index (χ3v) is 27.3. The van der Waals surface area contributed by atoms with E-state index in [1.807, 2.05) is 71.0 Å². The first-order chi connectivity index (χ1) is 67.6. The van der Waals surface area contributed by atoms with Crippen LogP contribution < -0.4 is 117 Å². The van der Waals surface area contributed by atoms with Crippen LogP contribution in [0.25, 0.3) is 21.8 Å². The Morgan fingerprint density at radius 3 is 0.824 bits per heavy atom. The van der Waals surface area contributed by atoms with Gasteiger partial charge in [-0.25, -0.2) is 4.79 Å². The fourth-order valence-corrected chi connectivity index (χ4v) is 17.2. The molecule has 1 aliphatic rings. The summed E-state index contributed by atoms with van der Waals surface area (Å²) >= 11 is 0. The van der Waals surface area contributed by atoms with E-state index in [9.17, 15) is 105 Å². The van der Waals surface area contributed by atoms with Crippen LogP contribution in [0.15, 0.2) is 42.5 Å². The molecular formula is C100H161N23O23S2. The molecule has 2 aromatic carbocycles. The summed E-state index contributed by atoms with van der Waals surface area (Å²) in [6.45, 7) is 48.0. The third kappa shape index (κ3) is 37.7. The summed E-state index contributed by atoms with van der Waals surface area (Å²) in [6.07, 6.45) is 4.28. The predicted octanol–water partition coefficient (Wildman–Crippen LogP) is 1.08. The molecule has 0 aliphatic carbocycles. The molecule has 0 spiro atoms. The van der Waals surface area contributed by atoms with Gasteiger partial charge < -0.3 is 126 Å². The fraction of sp³-hybridized carbons (Fsp3) is 0.660. The van der Waals surface area contributed by atoms with E-state index in [0.29, 0.717) is 23.9 Å². The van der Waals surface area contributed by atoms with Crippen molar-refractivity contribution >= 4 is 174 Å². The first-order valence-electron chi connectivity index (χ1n) is 49.4. The number of aryl methyl sites for hydroxylation is 1. The Morgan fingerprint density at radius 1 is 0.311 bits per heavy atom. The minimum atomic E-state index is -1.79. The van der Waals surface area contributed by atoms with E-state index < -0.39 is 258 Å². The first kappa shape index (κ1) is 127. The topological polar surface area (TPSA) is 654 Å². The van der Waals surface area contributed by atoms with Crippen molar-refractivity contribution in [2.24, 2.45) is 0 Å². The van der Waals surface area contributed by atoms with Crippen LogP contribution in [0.1, 0.15) is 273 Å². The van der Waals surface area contributed by atoms with Crippen molar-refractivity contribution in [3.8, 4) is 0 Å². The van der Waals surface area contributed by atoms with Crippen molar-refractivity contribution in [1.29, 1.82) is 0 Å². The molecule has 1 aliphatic heterocycles. The van der Waals surface area contributed by atoms with Crippen LogP contribution in [-0.4, -0.2) is 280 Å². The van der Waals surface area contributed by atoms with Gasteiger partial charge in [0.15, 0.2) is 0 Å². The van der Waals surface area contributed by atoms with Crippen molar-refractivity contribution in [1.82, 2.24) is 122 Å². The lowest BCUT2D eigenvalue weighted by Crippen LogP contribution is -2.65. The largest absolute Gasteiger partial charge is 0.444 e. The van der Waals surface area contributed by atoms with Crippen LogP contribution in [-0.2, 0) is 118 Å². The van der Waals surface area contributed by atoms with E-state index in [2.05, 4.69) is 122 Å². The number of amides is 22. The fourth-order valence-electron chi connectivity index (χ4n) is 14.2. The Hall–Kier alpha value is -12.9. The molecule has 1 unspecified atom stereocenters. The quantitative estimate of drug-likeness (QED) is 0.0278. The van der Waals surface area contributed by atoms with E-state index in [1.54, 1.807) is 20.8 Å². The molecule has 2 heterocycles. The highest BCUT2D eigenvalue weighted by molar-refractivity contribution is 8.77. The average Bonchev–Trinajstić information content (AvgIpc) is 1.61. The number of unbranched alkanes of at least 4 members (excludes halogenated alkanes) is 2. The number of nitrogens with zero attached hydrogens (tertiary/aromatic N) is 1. The van der Waals surface area contributed by atoms with Crippen LogP contribution in [0.3, 0.4) is 0 Å². The SMILES string of the molecule is CCn1c2ccccc2c2cc(C[C@H](NC(=O)OC(C)(C)C)C(=O)N[C@@H](C)C(=O)NC(C)(C)C(=O)N[C@@H](C)C(=O)NC(C)(C)C(=O)N[C@@H](C)C(=O)NC(C)(C)C(=O)N[C@@H](C)C(=O)NC(C)(C)C(=O)N[C@@H](C)C(=O)NC(C)(C)C(=O)N[C@@H](C)C(=O)NC(C)(C)C(=O)N[C@@H](C)C(=O)NC(C)(C)C(=O)N[C@@H](C)C(=O)NC(C)(C)C(=O)N[C@@H](C)C(=O)NC(C)(C)C(=O)N[C@@H](C)C(=O)NC(C)(C)C(=O)NCCCCCC3CCSS3)ccc21. The highest BCUT2D eigenvalue weighted by Crippen LogP contribution is 2.40. The predicted molar refractivity (Wildman–Crippen MR) is 560 cm³/mol. The maximum absolute atomic E-state index is 14.0. The summed E-state index contributed by atoms with van der Waals surface area (Å²) in [5.74, 6) is -16.3. The highest BCUT2D eigenvalue weighted by atomic mass is 33.1. The van der Waals surface area contributed by atoms with Crippen LogP contribution in [0, 0.1) is 0 Å². The number of rotatable bonds is 51. The molecule has 0 bridgehead atoms. The number of aromatic nitrogens is 1. The molecule has 3 aromatic rings. The molecule has 46 nitrogen and oxygen atoms in total. The standard InChI is InChI=1S/C100H161N23O23S2/c1-35-123-66-43-39-38-42-63(66)64-49-61(44-45-67(64)123)50-65(112-89(145)146-90(12,13)14)78(134)102-51(2)68(124)114-92(17,18)80(136)104-53(4)70(126)116-94(21,22)82(138)106-55(6)72(128)118-96(25,26)84(140)108-57(8)74(130)120-98(29,30)86(142)110-59(10)76(132)122-100(33,34)88(144)111-60(11)77(133)121-99(31,32)87(143)109-58(9)75(131)119-97(27,28)85(141)107-56(7)73(129)117-95(23,24)83(139)105-54(5)71(127)115-93(19,20)81(137)103-52(3)69(125)113-91(15,16)79(135)101-47-40-36-37-41-62-46-48-147-148-62/h38-39,42-45,49,51-60,62,65H,35-37,40-41,46-48,50H2,1-34H3,(H,101,135)(H,102,134)(H,103,137)(H,104,136)(H,105,139)(H,106,138)(H,107,141)(H,108,140)(H,109,143)(H,110,142)(H,111,144)(H,112,145)(H,113,125)(H,114,124)(H,115,127)(H,116,126)(H,117,129)(H,118,128)(H,119,131)(H,120,130)(H,121,133)(H,122,132)/t51-,52-,53-,54-,55-,56-,57-,58-,59-,60-,62?,65-/m0/s1. The van der Waals surface area contributed by atoms with Gasteiger partial charge >= 0.3 is 6.09 Å². The summed E-state index contributed by atoms with van der Waals surface area (Å²) in [6, 6.07) is -0.851. The number of carbonyl (C=O) groups is 22. The van der Waals surface area contributed by atoms with Gasteiger partial charge in [-0.3, -0.25) is 101 Å². The Kier molecular flexibility index (Phi) is 44.6. The van der Waals surface area contributed by atoms with Gasteiger partial charge in [0.1, 0.15) is 127 Å². The van der Waals surface area contributed by atoms with Gasteiger partial charge in [0.05, 0.1) is 0 Å². The molecule has 22 N–H and O–H groups in total. The average molecular weight is 2120 g/mol. The van der Waals surface area contributed by atoms with Gasteiger partial charge in [0, 0.05) is 52.3 Å². The minimum absolute atomic E-state index is 0.00392. The summed E-state index contributed by atoms with van der Waals surface area (Å²) in [5, 5.41) is 58.3.